The molecule has 2 N–H and O–H groups in total. The van der Waals surface area contributed by atoms with Crippen LogP contribution in [0.25, 0.3) is 0 Å². The lowest BCUT2D eigenvalue weighted by Crippen LogP contribution is -2.18. The van der Waals surface area contributed by atoms with Gasteiger partial charge < -0.3 is 15.2 Å². The number of hydrogen-bond donors (Lipinski definition) is 2. The first-order valence-corrected chi connectivity index (χ1v) is 2.72. The Morgan fingerprint density at radius 1 is 1.78 bits per heavy atom. The largest absolute Gasteiger partial charge is 0.463 e. The van der Waals surface area contributed by atoms with Crippen LogP contribution in [0.2, 0.25) is 0 Å². The summed E-state index contributed by atoms with van der Waals surface area (Å²) in [6.07, 6.45) is 0. The highest BCUT2D eigenvalue weighted by Gasteiger charge is 1.95. The molecule has 0 radical (unpaired) electrons. The van der Waals surface area contributed by atoms with Crippen LogP contribution in [0.5, 0.6) is 0 Å². The van der Waals surface area contributed by atoms with Gasteiger partial charge in [0, 0.05) is 6.54 Å². The van der Waals surface area contributed by atoms with Gasteiger partial charge >= 0.3 is 5.97 Å². The molecule has 0 saturated carbocycles. The van der Waals surface area contributed by atoms with Crippen LogP contribution in [0.4, 0.5) is 0 Å². The van der Waals surface area contributed by atoms with E-state index < -0.39 is 12.6 Å². The van der Waals surface area contributed by atoms with Crippen LogP contribution in [0.3, 0.4) is 0 Å². The molecule has 0 aromatic heterocycles. The van der Waals surface area contributed by atoms with Crippen molar-refractivity contribution in [1.29, 1.82) is 0 Å². The summed E-state index contributed by atoms with van der Waals surface area (Å²) in [4.78, 5) is 10.2. The number of nitrogens with one attached hydrogen (secondary N) is 1. The number of carbonyl (C=O) groups excluding carboxylic acids is 1. The zero-order valence-electron chi connectivity index (χ0n) is 5.39. The summed E-state index contributed by atoms with van der Waals surface area (Å²) in [5.74, 6) is -0.578. The van der Waals surface area contributed by atoms with Crippen LogP contribution in [-0.2, 0) is 9.53 Å². The standard InChI is InChI=1S/C5H11NO3/c1-6-2-3-9-5(8)4-7/h6-7H,2-4H2,1H3. The molecule has 0 unspecified atom stereocenters. The second-order valence-corrected chi connectivity index (χ2v) is 1.48. The second kappa shape index (κ2) is 5.53. The molecule has 0 aliphatic carbocycles. The smallest absolute Gasteiger partial charge is 0.331 e. The van der Waals surface area contributed by atoms with Gasteiger partial charge in [0.05, 0.1) is 0 Å². The monoisotopic (exact) mass is 133 g/mol. The lowest BCUT2D eigenvalue weighted by Gasteiger charge is -1.99. The molecule has 0 aliphatic rings. The molecular formula is C5H11NO3. The molecule has 0 amide bonds. The Labute approximate surface area is 53.8 Å². The molecule has 0 heterocycles. The molecule has 0 saturated heterocycles. The Bertz CT molecular complexity index is 84.3. The Balaban J connectivity index is 2.97. The van der Waals surface area contributed by atoms with E-state index in [1.807, 2.05) is 0 Å². The van der Waals surface area contributed by atoms with Crippen molar-refractivity contribution in [3.8, 4) is 0 Å². The highest BCUT2D eigenvalue weighted by atomic mass is 16.5. The molecule has 4 heteroatoms. The van der Waals surface area contributed by atoms with E-state index in [1.54, 1.807) is 7.05 Å². The maximum absolute atomic E-state index is 10.2. The zero-order valence-corrected chi connectivity index (χ0v) is 5.39. The van der Waals surface area contributed by atoms with Crippen molar-refractivity contribution >= 4 is 5.97 Å². The van der Waals surface area contributed by atoms with Gasteiger partial charge in [-0.2, -0.15) is 0 Å². The van der Waals surface area contributed by atoms with Crippen LogP contribution < -0.4 is 5.32 Å². The third kappa shape index (κ3) is 5.26. The van der Waals surface area contributed by atoms with Crippen LogP contribution in [0.1, 0.15) is 0 Å². The molecule has 9 heavy (non-hydrogen) atoms. The molecule has 0 atom stereocenters. The SMILES string of the molecule is CNCCOC(=O)CO. The average Bonchev–Trinajstić information content (AvgIpc) is 1.89. The number of likely N-dealkylation sites (N-methyl/N-ethyl adjacent to an activating group) is 1. The topological polar surface area (TPSA) is 58.6 Å². The first kappa shape index (κ1) is 8.39. The number of hydrogen-bond acceptors (Lipinski definition) is 4. The minimum absolute atomic E-state index is 0.315. The fourth-order valence-corrected chi connectivity index (χ4v) is 0.313. The molecule has 0 rings (SSSR count). The van der Waals surface area contributed by atoms with Crippen molar-refractivity contribution in [2.75, 3.05) is 26.8 Å². The molecule has 4 nitrogen and oxygen atoms in total. The fourth-order valence-electron chi connectivity index (χ4n) is 0.313. The van der Waals surface area contributed by atoms with E-state index in [2.05, 4.69) is 10.1 Å². The van der Waals surface area contributed by atoms with E-state index in [-0.39, 0.29) is 0 Å². The minimum atomic E-state index is -0.578. The summed E-state index contributed by atoms with van der Waals surface area (Å²) < 4.78 is 4.48. The Morgan fingerprint density at radius 2 is 2.44 bits per heavy atom. The van der Waals surface area contributed by atoms with Gasteiger partial charge in [0.2, 0.25) is 0 Å². The Kier molecular flexibility index (Phi) is 5.15. The van der Waals surface area contributed by atoms with Gasteiger partial charge in [0.1, 0.15) is 13.2 Å². The number of aliphatic hydroxyl groups is 1. The predicted octanol–water partition coefficient (Wildman–Crippen LogP) is -1.26. The van der Waals surface area contributed by atoms with Crippen molar-refractivity contribution in [3.63, 3.8) is 0 Å². The number of carbonyl (C=O) groups is 1. The first-order valence-electron chi connectivity index (χ1n) is 2.72. The molecule has 0 aromatic carbocycles. The van der Waals surface area contributed by atoms with E-state index in [9.17, 15) is 4.79 Å². The quantitative estimate of drug-likeness (QED) is 0.371. The van der Waals surface area contributed by atoms with Gasteiger partial charge in [-0.1, -0.05) is 0 Å². The predicted molar refractivity (Wildman–Crippen MR) is 32.0 cm³/mol. The van der Waals surface area contributed by atoms with Gasteiger partial charge in [-0.05, 0) is 7.05 Å². The van der Waals surface area contributed by atoms with Gasteiger partial charge in [-0.25, -0.2) is 4.79 Å². The minimum Gasteiger partial charge on any atom is -0.463 e. The normalized spacial score (nSPS) is 9.11. The van der Waals surface area contributed by atoms with Crippen LogP contribution in [0.15, 0.2) is 0 Å². The molecular weight excluding hydrogens is 122 g/mol. The summed E-state index contributed by atoms with van der Waals surface area (Å²) in [7, 11) is 1.76. The van der Waals surface area contributed by atoms with Crippen LogP contribution in [-0.4, -0.2) is 37.9 Å². The Hall–Kier alpha value is -0.610. The summed E-state index contributed by atoms with van der Waals surface area (Å²) in [5.41, 5.74) is 0. The lowest BCUT2D eigenvalue weighted by atomic mass is 10.7. The summed E-state index contributed by atoms with van der Waals surface area (Å²) in [5, 5.41) is 10.9. The third-order valence-corrected chi connectivity index (χ3v) is 0.744. The van der Waals surface area contributed by atoms with Crippen molar-refractivity contribution in [1.82, 2.24) is 5.32 Å². The summed E-state index contributed by atoms with van der Waals surface area (Å²) >= 11 is 0. The highest BCUT2D eigenvalue weighted by Crippen LogP contribution is 1.73. The van der Waals surface area contributed by atoms with Gasteiger partial charge in [-0.15, -0.1) is 0 Å². The molecule has 0 spiro atoms. The second-order valence-electron chi connectivity index (χ2n) is 1.48. The molecule has 0 aliphatic heterocycles. The van der Waals surface area contributed by atoms with E-state index in [0.29, 0.717) is 13.2 Å². The summed E-state index contributed by atoms with van der Waals surface area (Å²) in [6.45, 7) is 0.394. The van der Waals surface area contributed by atoms with Gasteiger partial charge in [0.15, 0.2) is 0 Å². The van der Waals surface area contributed by atoms with Crippen molar-refractivity contribution in [2.45, 2.75) is 0 Å². The summed E-state index contributed by atoms with van der Waals surface area (Å²) in [6, 6.07) is 0. The van der Waals surface area contributed by atoms with E-state index in [1.165, 1.54) is 0 Å². The van der Waals surface area contributed by atoms with Gasteiger partial charge in [0.25, 0.3) is 0 Å². The number of aliphatic hydroxyl groups excluding tert-OH is 1. The van der Waals surface area contributed by atoms with Crippen molar-refractivity contribution in [2.24, 2.45) is 0 Å². The van der Waals surface area contributed by atoms with Crippen molar-refractivity contribution in [3.05, 3.63) is 0 Å². The maximum Gasteiger partial charge on any atom is 0.331 e. The van der Waals surface area contributed by atoms with E-state index >= 15 is 0 Å². The average molecular weight is 133 g/mol. The first-order chi connectivity index (χ1) is 4.31. The van der Waals surface area contributed by atoms with Crippen molar-refractivity contribution < 1.29 is 14.6 Å². The fraction of sp³-hybridized carbons (Fsp3) is 0.800. The molecule has 0 aromatic rings. The third-order valence-electron chi connectivity index (χ3n) is 0.744. The van der Waals surface area contributed by atoms with Crippen LogP contribution >= 0.6 is 0 Å². The highest BCUT2D eigenvalue weighted by molar-refractivity contribution is 5.70. The Morgan fingerprint density at radius 3 is 2.89 bits per heavy atom. The molecule has 54 valence electrons. The molecule has 0 fully saturated rings. The van der Waals surface area contributed by atoms with Crippen LogP contribution in [0, 0.1) is 0 Å². The lowest BCUT2D eigenvalue weighted by molar-refractivity contribution is -0.146. The number of ether oxygens (including phenoxy) is 1. The molecule has 0 bridgehead atoms. The zero-order chi connectivity index (χ0) is 7.11. The number of rotatable bonds is 4. The number of esters is 1. The maximum atomic E-state index is 10.2. The van der Waals surface area contributed by atoms with Gasteiger partial charge in [-0.3, -0.25) is 0 Å². The van der Waals surface area contributed by atoms with E-state index in [0.717, 1.165) is 0 Å². The van der Waals surface area contributed by atoms with E-state index in [4.69, 9.17) is 5.11 Å².